The predicted octanol–water partition coefficient (Wildman–Crippen LogP) is 4.30. The van der Waals surface area contributed by atoms with Crippen LogP contribution in [0.5, 0.6) is 5.75 Å². The van der Waals surface area contributed by atoms with Gasteiger partial charge < -0.3 is 19.5 Å². The van der Waals surface area contributed by atoms with Crippen LogP contribution in [0, 0.1) is 11.3 Å². The number of anilines is 2. The highest BCUT2D eigenvalue weighted by Crippen LogP contribution is 2.39. The third-order valence-electron chi connectivity index (χ3n) is 5.48. The molecule has 0 fully saturated rings. The number of H-pyrrole nitrogens is 1. The lowest BCUT2D eigenvalue weighted by atomic mass is 10.0. The summed E-state index contributed by atoms with van der Waals surface area (Å²) >= 11 is 0. The minimum Gasteiger partial charge on any atom is -0.496 e. The first-order chi connectivity index (χ1) is 14.2. The minimum absolute atomic E-state index is 0.477. The second-order valence-electron chi connectivity index (χ2n) is 7.01. The molecule has 6 nitrogen and oxygen atoms in total. The average molecular weight is 387 g/mol. The van der Waals surface area contributed by atoms with Crippen LogP contribution in [0.25, 0.3) is 22.7 Å². The predicted molar refractivity (Wildman–Crippen MR) is 118 cm³/mol. The van der Waals surface area contributed by atoms with E-state index in [1.54, 1.807) is 7.11 Å². The number of nitriles is 1. The summed E-state index contributed by atoms with van der Waals surface area (Å²) in [5.74, 6) is 1.32. The van der Waals surface area contributed by atoms with Crippen LogP contribution in [0.1, 0.15) is 25.2 Å². The lowest BCUT2D eigenvalue weighted by Crippen LogP contribution is -2.41. The summed E-state index contributed by atoms with van der Waals surface area (Å²) in [4.78, 5) is 12.5. The first kappa shape index (κ1) is 18.9. The van der Waals surface area contributed by atoms with Gasteiger partial charge in [-0.15, -0.1) is 0 Å². The third kappa shape index (κ3) is 3.40. The molecule has 0 radical (unpaired) electrons. The van der Waals surface area contributed by atoms with Crippen molar-refractivity contribution < 1.29 is 4.74 Å². The number of methoxy groups -OCH3 is 1. The van der Waals surface area contributed by atoms with E-state index in [2.05, 4.69) is 51.8 Å². The van der Waals surface area contributed by atoms with E-state index in [1.165, 1.54) is 11.4 Å². The molecule has 4 rings (SSSR count). The molecule has 3 aromatic rings. The highest BCUT2D eigenvalue weighted by Gasteiger charge is 2.23. The molecule has 0 saturated carbocycles. The van der Waals surface area contributed by atoms with Crippen LogP contribution in [0.4, 0.5) is 11.4 Å². The van der Waals surface area contributed by atoms with E-state index in [0.29, 0.717) is 11.4 Å². The number of benzene rings is 2. The zero-order valence-corrected chi connectivity index (χ0v) is 17.1. The molecule has 0 saturated heterocycles. The Balaban J connectivity index is 1.83. The fraction of sp³-hybridized carbons (Fsp3) is 0.304. The van der Waals surface area contributed by atoms with E-state index in [1.807, 2.05) is 30.3 Å². The van der Waals surface area contributed by atoms with Crippen molar-refractivity contribution in [3.63, 3.8) is 0 Å². The molecule has 1 aromatic heterocycles. The van der Waals surface area contributed by atoms with Gasteiger partial charge in [0.15, 0.2) is 0 Å². The summed E-state index contributed by atoms with van der Waals surface area (Å²) in [5.41, 5.74) is 5.46. The third-order valence-corrected chi connectivity index (χ3v) is 5.48. The van der Waals surface area contributed by atoms with E-state index in [4.69, 9.17) is 4.74 Å². The van der Waals surface area contributed by atoms with Crippen molar-refractivity contribution in [1.82, 2.24) is 9.97 Å². The lowest BCUT2D eigenvalue weighted by Gasteiger charge is -2.38. The molecular weight excluding hydrogens is 362 g/mol. The molecule has 1 N–H and O–H groups in total. The molecule has 0 bridgehead atoms. The number of hydrogen-bond donors (Lipinski definition) is 1. The number of aromatic nitrogens is 2. The molecule has 1 aliphatic heterocycles. The van der Waals surface area contributed by atoms with Crippen molar-refractivity contribution in [3.8, 4) is 11.8 Å². The Labute approximate surface area is 171 Å². The van der Waals surface area contributed by atoms with E-state index >= 15 is 0 Å². The van der Waals surface area contributed by atoms with E-state index in [-0.39, 0.29) is 0 Å². The van der Waals surface area contributed by atoms with Crippen LogP contribution in [-0.2, 0) is 0 Å². The minimum atomic E-state index is 0.477. The molecule has 0 unspecified atom stereocenters. The Hall–Kier alpha value is -3.46. The fourth-order valence-corrected chi connectivity index (χ4v) is 3.90. The lowest BCUT2D eigenvalue weighted by molar-refractivity contribution is 0.413. The smallest absolute Gasteiger partial charge is 0.149 e. The molecule has 0 aliphatic carbocycles. The van der Waals surface area contributed by atoms with Crippen LogP contribution in [0.15, 0.2) is 36.4 Å². The number of para-hydroxylation sites is 2. The Morgan fingerprint density at radius 2 is 1.86 bits per heavy atom. The maximum atomic E-state index is 9.81. The quantitative estimate of drug-likeness (QED) is 0.661. The zero-order chi connectivity index (χ0) is 20.4. The highest BCUT2D eigenvalue weighted by atomic mass is 16.5. The van der Waals surface area contributed by atoms with Crippen LogP contribution >= 0.6 is 0 Å². The summed E-state index contributed by atoms with van der Waals surface area (Å²) in [6.07, 6.45) is 1.86. The van der Waals surface area contributed by atoms with Gasteiger partial charge in [-0.3, -0.25) is 0 Å². The number of nitrogens with zero attached hydrogens (tertiary/aromatic N) is 4. The standard InChI is InChI=1S/C23H25N5O/c1-4-27-10-11-28(5-2)21-14-22(29-3)16(13-20(21)27)12-17(15-24)23-25-18-8-6-7-9-19(18)26-23/h6-9,12-14H,4-5,10-11H2,1-3H3,(H,25,26)/b17-12+. The van der Waals surface area contributed by atoms with Crippen molar-refractivity contribution in [2.75, 3.05) is 43.1 Å². The van der Waals surface area contributed by atoms with Crippen molar-refractivity contribution >= 4 is 34.1 Å². The van der Waals surface area contributed by atoms with E-state index in [9.17, 15) is 5.26 Å². The summed E-state index contributed by atoms with van der Waals surface area (Å²) in [7, 11) is 1.67. The molecular formula is C23H25N5O. The van der Waals surface area contributed by atoms with Gasteiger partial charge in [-0.1, -0.05) is 12.1 Å². The van der Waals surface area contributed by atoms with Gasteiger partial charge in [0.25, 0.3) is 0 Å². The van der Waals surface area contributed by atoms with Gasteiger partial charge in [0.2, 0.25) is 0 Å². The highest BCUT2D eigenvalue weighted by molar-refractivity contribution is 5.93. The maximum Gasteiger partial charge on any atom is 0.149 e. The summed E-state index contributed by atoms with van der Waals surface area (Å²) in [5, 5.41) is 9.81. The number of rotatable bonds is 5. The Morgan fingerprint density at radius 3 is 2.48 bits per heavy atom. The maximum absolute atomic E-state index is 9.81. The fourth-order valence-electron chi connectivity index (χ4n) is 3.90. The van der Waals surface area contributed by atoms with E-state index in [0.717, 1.165) is 48.5 Å². The Kier molecular flexibility index (Phi) is 5.13. The number of allylic oxidation sites excluding steroid dienone is 1. The molecule has 1 aliphatic rings. The van der Waals surface area contributed by atoms with E-state index < -0.39 is 0 Å². The van der Waals surface area contributed by atoms with Gasteiger partial charge in [-0.05, 0) is 38.1 Å². The SMILES string of the molecule is CCN1CCN(CC)c2cc(OC)c(/C=C(\C#N)c3nc4ccccc4[nH]3)cc21. The van der Waals surface area contributed by atoms with Gasteiger partial charge in [0, 0.05) is 37.8 Å². The molecule has 6 heteroatoms. The first-order valence-corrected chi connectivity index (χ1v) is 9.97. The number of imidazole rings is 1. The van der Waals surface area contributed by atoms with Gasteiger partial charge >= 0.3 is 0 Å². The van der Waals surface area contributed by atoms with Gasteiger partial charge in [-0.2, -0.15) is 5.26 Å². The Bertz CT molecular complexity index is 1080. The molecule has 2 heterocycles. The average Bonchev–Trinajstić information content (AvgIpc) is 3.20. The Morgan fingerprint density at radius 1 is 1.17 bits per heavy atom. The second-order valence-corrected chi connectivity index (χ2v) is 7.01. The number of hydrogen-bond acceptors (Lipinski definition) is 5. The molecule has 148 valence electrons. The van der Waals surface area contributed by atoms with Gasteiger partial charge in [0.1, 0.15) is 17.6 Å². The molecule has 29 heavy (non-hydrogen) atoms. The number of aromatic amines is 1. The van der Waals surface area contributed by atoms with Crippen molar-refractivity contribution in [1.29, 1.82) is 5.26 Å². The first-order valence-electron chi connectivity index (χ1n) is 9.97. The normalized spacial score (nSPS) is 14.1. The number of ether oxygens (including phenoxy) is 1. The molecule has 0 spiro atoms. The van der Waals surface area contributed by atoms with Crippen molar-refractivity contribution in [3.05, 3.63) is 47.8 Å². The van der Waals surface area contributed by atoms with Gasteiger partial charge in [-0.25, -0.2) is 4.98 Å². The number of fused-ring (bicyclic) bond motifs is 2. The number of nitrogens with one attached hydrogen (secondary N) is 1. The van der Waals surface area contributed by atoms with Crippen molar-refractivity contribution in [2.24, 2.45) is 0 Å². The summed E-state index contributed by atoms with van der Waals surface area (Å²) < 4.78 is 5.68. The van der Waals surface area contributed by atoms with Crippen LogP contribution in [0.3, 0.4) is 0 Å². The van der Waals surface area contributed by atoms with Crippen LogP contribution < -0.4 is 14.5 Å². The summed E-state index contributed by atoms with van der Waals surface area (Å²) in [6.45, 7) is 8.21. The second kappa shape index (κ2) is 7.88. The van der Waals surface area contributed by atoms with Crippen LogP contribution in [-0.4, -0.2) is 43.3 Å². The topological polar surface area (TPSA) is 68.2 Å². The zero-order valence-electron chi connectivity index (χ0n) is 17.1. The largest absolute Gasteiger partial charge is 0.496 e. The molecule has 2 aromatic carbocycles. The monoisotopic (exact) mass is 387 g/mol. The van der Waals surface area contributed by atoms with Crippen LogP contribution in [0.2, 0.25) is 0 Å². The molecule has 0 amide bonds. The van der Waals surface area contributed by atoms with Gasteiger partial charge in [0.05, 0.1) is 35.1 Å². The van der Waals surface area contributed by atoms with Crippen molar-refractivity contribution in [2.45, 2.75) is 13.8 Å². The molecule has 0 atom stereocenters. The summed E-state index contributed by atoms with van der Waals surface area (Å²) in [6, 6.07) is 14.3. The number of likely N-dealkylation sites (N-methyl/N-ethyl adjacent to an activating group) is 2.